The first-order chi connectivity index (χ1) is 4.54. The van der Waals surface area contributed by atoms with Gasteiger partial charge in [-0.05, 0) is 6.55 Å². The molecule has 0 atom stereocenters. The van der Waals surface area contributed by atoms with Gasteiger partial charge in [-0.3, -0.25) is 4.79 Å². The molecule has 0 spiro atoms. The van der Waals surface area contributed by atoms with Crippen molar-refractivity contribution in [1.29, 1.82) is 0 Å². The Morgan fingerprint density at radius 3 is 1.82 bits per heavy atom. The van der Waals surface area contributed by atoms with Crippen LogP contribution in [-0.4, -0.2) is 78.4 Å². The average Bonchev–Trinajstić information content (AvgIpc) is 1.87. The second-order valence-electron chi connectivity index (χ2n) is 1.86. The number of carbonyl (C=O) groups excluding carboxylic acids is 1. The van der Waals surface area contributed by atoms with Crippen molar-refractivity contribution in [3.05, 3.63) is 0 Å². The summed E-state index contributed by atoms with van der Waals surface area (Å²) in [7, 11) is 0.929. The van der Waals surface area contributed by atoms with Gasteiger partial charge in [0.2, 0.25) is 0 Å². The van der Waals surface area contributed by atoms with E-state index in [1.54, 1.807) is 14.2 Å². The van der Waals surface area contributed by atoms with Gasteiger partial charge in [0, 0.05) is 21.1 Å². The molecule has 0 saturated carbocycles. The van der Waals surface area contributed by atoms with Crippen molar-refractivity contribution in [1.82, 2.24) is 0 Å². The minimum absolute atomic E-state index is 0. The van der Waals surface area contributed by atoms with Crippen LogP contribution < -0.4 is 0 Å². The molecule has 0 bridgehead atoms. The fraction of sp³-hybridized carbons (Fsp3) is 0.800. The van der Waals surface area contributed by atoms with E-state index >= 15 is 0 Å². The molecule has 3 nitrogen and oxygen atoms in total. The Hall–Kier alpha value is 1.79. The van der Waals surface area contributed by atoms with E-state index < -0.39 is 7.71 Å². The third kappa shape index (κ3) is 6.91. The molecule has 0 aliphatic carbocycles. The minimum atomic E-state index is -2.19. The standard InChI is InChI=1S/C5H12O3SSi.K.H/c1-5(6)9-10(4,7-2)8-3;;/h1-4H3;;. The molecule has 0 saturated heterocycles. The second-order valence-corrected chi connectivity index (χ2v) is 8.02. The topological polar surface area (TPSA) is 35.5 Å². The summed E-state index contributed by atoms with van der Waals surface area (Å²) in [6, 6.07) is 0. The van der Waals surface area contributed by atoms with E-state index in [2.05, 4.69) is 0 Å². The first-order valence-corrected chi connectivity index (χ1v) is 6.69. The maximum atomic E-state index is 10.6. The Balaban J connectivity index is 0. The molecular weight excluding hydrogens is 207 g/mol. The summed E-state index contributed by atoms with van der Waals surface area (Å²) >= 11 is 1.16. The normalized spacial score (nSPS) is 10.5. The summed E-state index contributed by atoms with van der Waals surface area (Å²) in [5.41, 5.74) is 0. The Morgan fingerprint density at radius 1 is 1.36 bits per heavy atom. The first-order valence-electron chi connectivity index (χ1n) is 2.84. The molecule has 0 aromatic rings. The zero-order chi connectivity index (χ0) is 8.20. The predicted molar refractivity (Wildman–Crippen MR) is 51.1 cm³/mol. The number of hydrogen-bond acceptors (Lipinski definition) is 4. The third-order valence-electron chi connectivity index (χ3n) is 1.07. The Kier molecular flexibility index (Phi) is 10.0. The molecule has 0 aliphatic heterocycles. The van der Waals surface area contributed by atoms with Gasteiger partial charge in [0.25, 0.3) is 0 Å². The number of hydrogen-bond donors (Lipinski definition) is 0. The molecule has 0 heterocycles. The van der Waals surface area contributed by atoms with Crippen LogP contribution in [0.5, 0.6) is 0 Å². The fourth-order valence-corrected chi connectivity index (χ4v) is 3.35. The van der Waals surface area contributed by atoms with Gasteiger partial charge in [-0.25, -0.2) is 0 Å². The Bertz CT molecular complexity index is 129. The fourth-order valence-electron chi connectivity index (χ4n) is 0.428. The quantitative estimate of drug-likeness (QED) is 0.648. The van der Waals surface area contributed by atoms with Gasteiger partial charge in [-0.2, -0.15) is 0 Å². The molecular formula is C5H13KO3SSi. The van der Waals surface area contributed by atoms with Gasteiger partial charge in [-0.15, -0.1) is 0 Å². The van der Waals surface area contributed by atoms with Crippen molar-refractivity contribution in [2.45, 2.75) is 13.5 Å². The molecule has 0 N–H and O–H groups in total. The van der Waals surface area contributed by atoms with Crippen molar-refractivity contribution in [2.75, 3.05) is 14.2 Å². The van der Waals surface area contributed by atoms with Crippen molar-refractivity contribution in [2.24, 2.45) is 0 Å². The van der Waals surface area contributed by atoms with Crippen LogP contribution in [-0.2, 0) is 13.6 Å². The van der Waals surface area contributed by atoms with Crippen LogP contribution in [0, 0.1) is 0 Å². The second kappa shape index (κ2) is 7.22. The summed E-state index contributed by atoms with van der Waals surface area (Å²) in [5, 5.41) is 0.0397. The molecule has 11 heavy (non-hydrogen) atoms. The van der Waals surface area contributed by atoms with Crippen molar-refractivity contribution in [3.63, 3.8) is 0 Å². The van der Waals surface area contributed by atoms with E-state index in [-0.39, 0.29) is 56.5 Å². The molecule has 0 amide bonds. The van der Waals surface area contributed by atoms with Gasteiger partial charge < -0.3 is 8.85 Å². The monoisotopic (exact) mass is 220 g/mol. The van der Waals surface area contributed by atoms with Crippen LogP contribution in [0.15, 0.2) is 0 Å². The van der Waals surface area contributed by atoms with Gasteiger partial charge in [-0.1, -0.05) is 11.2 Å². The van der Waals surface area contributed by atoms with Gasteiger partial charge in [0.15, 0.2) is 5.12 Å². The van der Waals surface area contributed by atoms with Crippen LogP contribution in [0.2, 0.25) is 6.55 Å². The van der Waals surface area contributed by atoms with E-state index in [0.29, 0.717) is 0 Å². The van der Waals surface area contributed by atoms with Crippen LogP contribution >= 0.6 is 11.2 Å². The van der Waals surface area contributed by atoms with Crippen molar-refractivity contribution >= 4 is 75.4 Å². The maximum absolute atomic E-state index is 10.6. The molecule has 62 valence electrons. The molecule has 0 aromatic heterocycles. The van der Waals surface area contributed by atoms with Crippen LogP contribution in [0.3, 0.4) is 0 Å². The van der Waals surface area contributed by atoms with Crippen LogP contribution in [0.1, 0.15) is 6.92 Å². The van der Waals surface area contributed by atoms with Gasteiger partial charge in [0.05, 0.1) is 0 Å². The first kappa shape index (κ1) is 15.3. The number of carbonyl (C=O) groups is 1. The summed E-state index contributed by atoms with van der Waals surface area (Å²) in [5.74, 6) is 0. The molecule has 0 unspecified atom stereocenters. The molecule has 0 rings (SSSR count). The Labute approximate surface area is 115 Å². The van der Waals surface area contributed by atoms with Gasteiger partial charge >= 0.3 is 59.1 Å². The predicted octanol–water partition coefficient (Wildman–Crippen LogP) is 0.479. The van der Waals surface area contributed by atoms with Gasteiger partial charge in [0.1, 0.15) is 0 Å². The average molecular weight is 220 g/mol. The van der Waals surface area contributed by atoms with E-state index in [9.17, 15) is 4.79 Å². The SMILES string of the molecule is CO[Si](C)(OC)SC(C)=O.[KH]. The summed E-state index contributed by atoms with van der Waals surface area (Å²) in [6.07, 6.45) is 0. The third-order valence-corrected chi connectivity index (χ3v) is 6.19. The van der Waals surface area contributed by atoms with Crippen molar-refractivity contribution in [3.8, 4) is 0 Å². The molecule has 6 heteroatoms. The summed E-state index contributed by atoms with van der Waals surface area (Å²) < 4.78 is 10.1. The molecule has 0 aliphatic rings. The zero-order valence-corrected chi connectivity index (χ0v) is 8.45. The summed E-state index contributed by atoms with van der Waals surface area (Å²) in [4.78, 5) is 10.6. The van der Waals surface area contributed by atoms with E-state index in [4.69, 9.17) is 8.85 Å². The molecule has 0 aromatic carbocycles. The zero-order valence-electron chi connectivity index (χ0n) is 6.63. The van der Waals surface area contributed by atoms with E-state index in [0.717, 1.165) is 11.2 Å². The van der Waals surface area contributed by atoms with Crippen LogP contribution in [0.4, 0.5) is 0 Å². The molecule has 0 fully saturated rings. The van der Waals surface area contributed by atoms with E-state index in [1.165, 1.54) is 6.92 Å². The van der Waals surface area contributed by atoms with E-state index in [1.807, 2.05) is 6.55 Å². The Morgan fingerprint density at radius 2 is 1.73 bits per heavy atom. The molecule has 0 radical (unpaired) electrons. The van der Waals surface area contributed by atoms with Crippen molar-refractivity contribution < 1.29 is 13.6 Å². The van der Waals surface area contributed by atoms with Crippen LogP contribution in [0.25, 0.3) is 0 Å². The number of rotatable bonds is 3. The summed E-state index contributed by atoms with van der Waals surface area (Å²) in [6.45, 7) is 3.34.